The molecule has 0 bridgehead atoms. The topological polar surface area (TPSA) is 105 Å². The van der Waals surface area contributed by atoms with Gasteiger partial charge in [-0.05, 0) is 23.5 Å². The van der Waals surface area contributed by atoms with Crippen molar-refractivity contribution in [3.05, 3.63) is 38.2 Å². The Balaban J connectivity index is 2.06. The van der Waals surface area contributed by atoms with Gasteiger partial charge in [-0.25, -0.2) is 4.79 Å². The number of nitrogens with zero attached hydrogens (tertiary/aromatic N) is 2. The summed E-state index contributed by atoms with van der Waals surface area (Å²) in [6.45, 7) is 1.79. The SMILES string of the molecule is CC[N+]1(C(=O)O)N=C(NC(=O)c2cccs2)c2sc(C(=O)OC)cc21. The van der Waals surface area contributed by atoms with Gasteiger partial charge < -0.3 is 15.2 Å². The maximum absolute atomic E-state index is 12.3. The number of carbonyl (C=O) groups is 3. The number of ether oxygens (including phenoxy) is 1. The van der Waals surface area contributed by atoms with Gasteiger partial charge in [0.05, 0.1) is 12.0 Å². The minimum absolute atomic E-state index is 0.123. The number of carbonyl (C=O) groups excluding carboxylic acids is 2. The summed E-state index contributed by atoms with van der Waals surface area (Å²) < 4.78 is 3.97. The van der Waals surface area contributed by atoms with Crippen LogP contribution in [0.4, 0.5) is 10.5 Å². The maximum Gasteiger partial charge on any atom is 0.546 e. The molecule has 2 amide bonds. The summed E-state index contributed by atoms with van der Waals surface area (Å²) in [4.78, 5) is 37.2. The predicted molar refractivity (Wildman–Crippen MR) is 94.3 cm³/mol. The molecule has 2 aromatic rings. The molecule has 0 spiro atoms. The molecule has 1 aliphatic heterocycles. The first kappa shape index (κ1) is 17.3. The summed E-state index contributed by atoms with van der Waals surface area (Å²) >= 11 is 2.30. The van der Waals surface area contributed by atoms with E-state index in [1.807, 2.05) is 0 Å². The molecule has 0 saturated heterocycles. The van der Waals surface area contributed by atoms with Crippen LogP contribution >= 0.6 is 22.7 Å². The van der Waals surface area contributed by atoms with Crippen molar-refractivity contribution in [1.82, 2.24) is 9.91 Å². The highest BCUT2D eigenvalue weighted by molar-refractivity contribution is 7.16. The third kappa shape index (κ3) is 2.73. The molecule has 8 nitrogen and oxygen atoms in total. The molecule has 1 atom stereocenters. The molecule has 0 aromatic carbocycles. The third-order valence-electron chi connectivity index (χ3n) is 3.73. The summed E-state index contributed by atoms with van der Waals surface area (Å²) in [5.74, 6) is -0.810. The minimum atomic E-state index is -1.20. The summed E-state index contributed by atoms with van der Waals surface area (Å²) in [6.07, 6.45) is -1.20. The van der Waals surface area contributed by atoms with E-state index in [-0.39, 0.29) is 23.2 Å². The fourth-order valence-corrected chi connectivity index (χ4v) is 4.16. The number of carboxylic acid groups (broad SMARTS) is 1. The van der Waals surface area contributed by atoms with Gasteiger partial charge in [0.2, 0.25) is 5.84 Å². The normalized spacial score (nSPS) is 18.4. The molecule has 3 heterocycles. The van der Waals surface area contributed by atoms with Gasteiger partial charge in [0.1, 0.15) is 16.3 Å². The standard InChI is InChI=1S/C15H13N3O5S2/c1-3-18(15(21)22)8-7-10(14(20)23-2)25-11(8)12(17-18)16-13(19)9-5-4-6-24-9/h4-7H,3H2,1-2H3,(H-,16,17,19,21,22)/p+1. The molecule has 25 heavy (non-hydrogen) atoms. The van der Waals surface area contributed by atoms with Crippen LogP contribution in [0.15, 0.2) is 28.7 Å². The number of quaternary nitrogens is 1. The highest BCUT2D eigenvalue weighted by Crippen LogP contribution is 2.41. The van der Waals surface area contributed by atoms with E-state index in [0.717, 1.165) is 11.3 Å². The van der Waals surface area contributed by atoms with Gasteiger partial charge in [-0.2, -0.15) is 4.79 Å². The lowest BCUT2D eigenvalue weighted by Crippen LogP contribution is -2.47. The lowest BCUT2D eigenvalue weighted by molar-refractivity contribution is 0.0605. The number of esters is 1. The zero-order chi connectivity index (χ0) is 18.2. The lowest BCUT2D eigenvalue weighted by atomic mass is 10.3. The summed E-state index contributed by atoms with van der Waals surface area (Å²) in [7, 11) is 1.25. The first-order valence-electron chi connectivity index (χ1n) is 7.22. The Morgan fingerprint density at radius 2 is 2.12 bits per heavy atom. The lowest BCUT2D eigenvalue weighted by Gasteiger charge is -2.19. The van der Waals surface area contributed by atoms with Crippen LogP contribution in [0.1, 0.15) is 31.1 Å². The van der Waals surface area contributed by atoms with Gasteiger partial charge in [0.15, 0.2) is 5.69 Å². The average Bonchev–Trinajstić information content (AvgIpc) is 3.31. The zero-order valence-corrected chi connectivity index (χ0v) is 14.9. The second-order valence-corrected chi connectivity index (χ2v) is 7.06. The molecule has 1 unspecified atom stereocenters. The first-order valence-corrected chi connectivity index (χ1v) is 8.92. The molecule has 0 radical (unpaired) electrons. The maximum atomic E-state index is 12.3. The fraction of sp³-hybridized carbons (Fsp3) is 0.200. The molecule has 1 aliphatic rings. The van der Waals surface area contributed by atoms with Crippen molar-refractivity contribution in [1.29, 1.82) is 0 Å². The van der Waals surface area contributed by atoms with Crippen molar-refractivity contribution in [2.24, 2.45) is 5.10 Å². The van der Waals surface area contributed by atoms with Crippen LogP contribution in [-0.2, 0) is 4.74 Å². The molecule has 2 N–H and O–H groups in total. The number of methoxy groups -OCH3 is 1. The van der Waals surface area contributed by atoms with Crippen LogP contribution in [0.2, 0.25) is 0 Å². The molecular formula is C15H14N3O5S2+. The van der Waals surface area contributed by atoms with Crippen molar-refractivity contribution in [3.8, 4) is 0 Å². The van der Waals surface area contributed by atoms with E-state index in [1.54, 1.807) is 24.4 Å². The average molecular weight is 380 g/mol. The molecule has 2 aromatic heterocycles. The summed E-state index contributed by atoms with van der Waals surface area (Å²) in [6, 6.07) is 4.85. The van der Waals surface area contributed by atoms with Crippen LogP contribution in [0.25, 0.3) is 0 Å². The van der Waals surface area contributed by atoms with Gasteiger partial charge in [-0.1, -0.05) is 10.7 Å². The van der Waals surface area contributed by atoms with Crippen molar-refractivity contribution in [2.45, 2.75) is 6.92 Å². The molecule has 0 aliphatic carbocycles. The smallest absolute Gasteiger partial charge is 0.465 e. The van der Waals surface area contributed by atoms with Crippen LogP contribution in [0.3, 0.4) is 0 Å². The van der Waals surface area contributed by atoms with E-state index in [1.165, 1.54) is 24.5 Å². The molecule has 10 heteroatoms. The number of thiophene rings is 2. The second-order valence-electron chi connectivity index (χ2n) is 5.06. The number of rotatable bonds is 3. The largest absolute Gasteiger partial charge is 0.546 e. The summed E-state index contributed by atoms with van der Waals surface area (Å²) in [5, 5.41) is 18.3. The monoisotopic (exact) mass is 380 g/mol. The van der Waals surface area contributed by atoms with Gasteiger partial charge in [-0.3, -0.25) is 4.79 Å². The van der Waals surface area contributed by atoms with Crippen LogP contribution < -0.4 is 9.91 Å². The van der Waals surface area contributed by atoms with Crippen LogP contribution in [-0.4, -0.2) is 42.6 Å². The number of fused-ring (bicyclic) bond motifs is 1. The van der Waals surface area contributed by atoms with E-state index < -0.39 is 16.7 Å². The van der Waals surface area contributed by atoms with Crippen molar-refractivity contribution in [3.63, 3.8) is 0 Å². The number of hydrogen-bond donors (Lipinski definition) is 2. The van der Waals surface area contributed by atoms with Gasteiger partial charge >= 0.3 is 12.1 Å². The van der Waals surface area contributed by atoms with Gasteiger partial charge in [0.25, 0.3) is 5.91 Å². The Morgan fingerprint density at radius 3 is 2.68 bits per heavy atom. The molecular weight excluding hydrogens is 366 g/mol. The van der Waals surface area contributed by atoms with Crippen molar-refractivity contribution >= 4 is 52.2 Å². The fourth-order valence-electron chi connectivity index (χ4n) is 2.48. The molecule has 0 fully saturated rings. The third-order valence-corrected chi connectivity index (χ3v) is 5.71. The van der Waals surface area contributed by atoms with E-state index >= 15 is 0 Å². The second kappa shape index (κ2) is 6.39. The molecule has 0 saturated carbocycles. The number of amides is 2. The van der Waals surface area contributed by atoms with E-state index in [2.05, 4.69) is 10.4 Å². The van der Waals surface area contributed by atoms with E-state index in [0.29, 0.717) is 15.4 Å². The Kier molecular flexibility index (Phi) is 4.41. The Bertz CT molecular complexity index is 887. The van der Waals surface area contributed by atoms with Crippen molar-refractivity contribution in [2.75, 3.05) is 13.7 Å². The number of amidine groups is 1. The van der Waals surface area contributed by atoms with Gasteiger partial charge in [-0.15, -0.1) is 22.7 Å². The van der Waals surface area contributed by atoms with E-state index in [9.17, 15) is 19.5 Å². The van der Waals surface area contributed by atoms with Crippen molar-refractivity contribution < 1.29 is 24.2 Å². The highest BCUT2D eigenvalue weighted by atomic mass is 32.1. The molecule has 130 valence electrons. The highest BCUT2D eigenvalue weighted by Gasteiger charge is 2.50. The van der Waals surface area contributed by atoms with Gasteiger partial charge in [0, 0.05) is 6.07 Å². The van der Waals surface area contributed by atoms with Crippen LogP contribution in [0, 0.1) is 0 Å². The van der Waals surface area contributed by atoms with E-state index in [4.69, 9.17) is 4.74 Å². The predicted octanol–water partition coefficient (Wildman–Crippen LogP) is 2.71. The van der Waals surface area contributed by atoms with Crippen LogP contribution in [0.5, 0.6) is 0 Å². The molecule has 3 rings (SSSR count). The summed E-state index contributed by atoms with van der Waals surface area (Å²) in [5.41, 5.74) is 0.335. The quantitative estimate of drug-likeness (QED) is 0.629. The number of hydrogen-bond acceptors (Lipinski definition) is 7. The Hall–Kier alpha value is -2.56. The first-order chi connectivity index (χ1) is 11.9. The number of nitrogens with one attached hydrogen (secondary N) is 1. The Labute approximate surface area is 150 Å². The Morgan fingerprint density at radius 1 is 1.36 bits per heavy atom. The zero-order valence-electron chi connectivity index (χ0n) is 13.3. The minimum Gasteiger partial charge on any atom is -0.465 e.